The van der Waals surface area contributed by atoms with Gasteiger partial charge in [0.15, 0.2) is 0 Å². The van der Waals surface area contributed by atoms with E-state index in [1.165, 1.54) is 0 Å². The van der Waals surface area contributed by atoms with E-state index in [0.29, 0.717) is 10.9 Å². The number of hydrogen-bond acceptors (Lipinski definition) is 2. The van der Waals surface area contributed by atoms with Gasteiger partial charge in [-0.1, -0.05) is 16.8 Å². The average molecular weight is 335 g/mol. The van der Waals surface area contributed by atoms with Gasteiger partial charge in [0.2, 0.25) is 0 Å². The molecule has 2 aromatic rings. The zero-order valence-electron chi connectivity index (χ0n) is 8.91. The van der Waals surface area contributed by atoms with Crippen molar-refractivity contribution in [2.75, 3.05) is 5.88 Å². The molecular weight excluding hydrogens is 325 g/mol. The van der Waals surface area contributed by atoms with Crippen molar-refractivity contribution in [2.24, 2.45) is 0 Å². The van der Waals surface area contributed by atoms with Crippen LogP contribution < -0.4 is 0 Å². The minimum absolute atomic E-state index is 0.633. The molecule has 0 aliphatic rings. The minimum Gasteiger partial charge on any atom is -0.219 e. The maximum absolute atomic E-state index is 5.96. The molecule has 0 aliphatic carbocycles. The van der Waals surface area contributed by atoms with Gasteiger partial charge in [-0.3, -0.25) is 0 Å². The number of hydrogen-bond donors (Lipinski definition) is 0. The molecule has 0 bridgehead atoms. The van der Waals surface area contributed by atoms with Gasteiger partial charge in [-0.2, -0.15) is 0 Å². The summed E-state index contributed by atoms with van der Waals surface area (Å²) in [7, 11) is 0. The van der Waals surface area contributed by atoms with Gasteiger partial charge < -0.3 is 0 Å². The topological polar surface area (TPSA) is 30.7 Å². The summed E-state index contributed by atoms with van der Waals surface area (Å²) in [6, 6.07) is 5.55. The lowest BCUT2D eigenvalue weighted by Crippen LogP contribution is -1.95. The largest absolute Gasteiger partial charge is 0.219 e. The van der Waals surface area contributed by atoms with Crippen molar-refractivity contribution < 1.29 is 0 Å². The van der Waals surface area contributed by atoms with Crippen LogP contribution in [-0.4, -0.2) is 20.9 Å². The molecule has 0 aliphatic heterocycles. The molecule has 1 aromatic heterocycles. The Labute approximate surface area is 118 Å². The summed E-state index contributed by atoms with van der Waals surface area (Å²) in [5, 5.41) is 8.84. The highest BCUT2D eigenvalue weighted by Crippen LogP contribution is 2.24. The van der Waals surface area contributed by atoms with Gasteiger partial charge in [-0.25, -0.2) is 4.68 Å². The van der Waals surface area contributed by atoms with Crippen molar-refractivity contribution in [1.82, 2.24) is 15.0 Å². The van der Waals surface area contributed by atoms with Gasteiger partial charge in [0.25, 0.3) is 0 Å². The van der Waals surface area contributed by atoms with Crippen molar-refractivity contribution in [2.45, 2.75) is 12.8 Å². The molecule has 3 nitrogen and oxygen atoms in total. The van der Waals surface area contributed by atoms with Gasteiger partial charge >= 0.3 is 0 Å². The molecule has 0 radical (unpaired) electrons. The van der Waals surface area contributed by atoms with Gasteiger partial charge in [-0.05, 0) is 47.0 Å². The Morgan fingerprint density at radius 1 is 1.35 bits per heavy atom. The molecule has 2 rings (SSSR count). The molecule has 0 saturated carbocycles. The number of benzene rings is 1. The van der Waals surface area contributed by atoms with Gasteiger partial charge in [0.05, 0.1) is 17.6 Å². The molecule has 1 aromatic carbocycles. The predicted octanol–water partition coefficient (Wildman–Crippen LogP) is 3.85. The lowest BCUT2D eigenvalue weighted by Gasteiger charge is -2.03. The summed E-state index contributed by atoms with van der Waals surface area (Å²) in [5.74, 6) is 0.633. The number of aryl methyl sites for hydroxylation is 1. The normalized spacial score (nSPS) is 10.8. The maximum atomic E-state index is 5.96. The summed E-state index contributed by atoms with van der Waals surface area (Å²) in [6.45, 7) is 0. The van der Waals surface area contributed by atoms with Crippen LogP contribution in [0.15, 0.2) is 28.9 Å². The Kier molecular flexibility index (Phi) is 4.42. The summed E-state index contributed by atoms with van der Waals surface area (Å²) in [6.07, 6.45) is 3.63. The molecule has 0 amide bonds. The first kappa shape index (κ1) is 12.9. The molecule has 0 unspecified atom stereocenters. The smallest absolute Gasteiger partial charge is 0.0832 e. The lowest BCUT2D eigenvalue weighted by atomic mass is 10.3. The van der Waals surface area contributed by atoms with Gasteiger partial charge in [0, 0.05) is 15.4 Å². The summed E-state index contributed by atoms with van der Waals surface area (Å²) >= 11 is 15.1. The van der Waals surface area contributed by atoms with Crippen LogP contribution in [0.25, 0.3) is 5.69 Å². The molecule has 90 valence electrons. The Morgan fingerprint density at radius 3 is 2.94 bits per heavy atom. The molecule has 0 spiro atoms. The fraction of sp³-hybridized carbons (Fsp3) is 0.273. The second-order valence-electron chi connectivity index (χ2n) is 3.54. The Bertz CT molecular complexity index is 513. The van der Waals surface area contributed by atoms with E-state index in [1.807, 2.05) is 24.4 Å². The molecule has 0 N–H and O–H groups in total. The third kappa shape index (κ3) is 3.21. The standard InChI is InChI=1S/C11H10BrCl2N3/c12-10-4-3-8(14)6-11(10)17-7-9(15-16-17)2-1-5-13/h3-4,6-7H,1-2,5H2. The first-order valence-corrected chi connectivity index (χ1v) is 6.84. The van der Waals surface area contributed by atoms with E-state index in [2.05, 4.69) is 26.2 Å². The van der Waals surface area contributed by atoms with Crippen molar-refractivity contribution >= 4 is 39.1 Å². The third-order valence-electron chi connectivity index (χ3n) is 2.26. The molecule has 6 heteroatoms. The molecule has 1 heterocycles. The van der Waals surface area contributed by atoms with E-state index >= 15 is 0 Å². The van der Waals surface area contributed by atoms with Crippen molar-refractivity contribution in [3.8, 4) is 5.69 Å². The van der Waals surface area contributed by atoms with E-state index < -0.39 is 0 Å². The van der Waals surface area contributed by atoms with Crippen LogP contribution in [-0.2, 0) is 6.42 Å². The van der Waals surface area contributed by atoms with E-state index in [9.17, 15) is 0 Å². The molecule has 0 fully saturated rings. The minimum atomic E-state index is 0.633. The Balaban J connectivity index is 2.27. The van der Waals surface area contributed by atoms with Crippen molar-refractivity contribution in [1.29, 1.82) is 0 Å². The highest BCUT2D eigenvalue weighted by Gasteiger charge is 2.06. The van der Waals surface area contributed by atoms with Crippen LogP contribution in [0.1, 0.15) is 12.1 Å². The Hall–Kier alpha value is -0.580. The zero-order chi connectivity index (χ0) is 12.3. The molecule has 0 atom stereocenters. The molecular formula is C11H10BrCl2N3. The average Bonchev–Trinajstić information content (AvgIpc) is 2.78. The fourth-order valence-corrected chi connectivity index (χ4v) is 2.17. The van der Waals surface area contributed by atoms with Crippen LogP contribution in [0.3, 0.4) is 0 Å². The number of rotatable bonds is 4. The van der Waals surface area contributed by atoms with E-state index in [0.717, 1.165) is 28.7 Å². The maximum Gasteiger partial charge on any atom is 0.0832 e. The first-order valence-electron chi connectivity index (χ1n) is 5.13. The number of alkyl halides is 1. The monoisotopic (exact) mass is 333 g/mol. The second-order valence-corrected chi connectivity index (χ2v) is 5.21. The van der Waals surface area contributed by atoms with Crippen LogP contribution in [0.5, 0.6) is 0 Å². The third-order valence-corrected chi connectivity index (χ3v) is 3.44. The van der Waals surface area contributed by atoms with E-state index in [4.69, 9.17) is 23.2 Å². The van der Waals surface area contributed by atoms with E-state index in [-0.39, 0.29) is 0 Å². The summed E-state index contributed by atoms with van der Waals surface area (Å²) in [5.41, 5.74) is 1.81. The highest BCUT2D eigenvalue weighted by molar-refractivity contribution is 9.10. The van der Waals surface area contributed by atoms with Crippen molar-refractivity contribution in [3.05, 3.63) is 39.6 Å². The number of aromatic nitrogens is 3. The first-order chi connectivity index (χ1) is 8.20. The second kappa shape index (κ2) is 5.85. The summed E-state index contributed by atoms with van der Waals surface area (Å²) in [4.78, 5) is 0. The van der Waals surface area contributed by atoms with Crippen LogP contribution in [0, 0.1) is 0 Å². The van der Waals surface area contributed by atoms with Gasteiger partial charge in [0.1, 0.15) is 0 Å². The number of nitrogens with zero attached hydrogens (tertiary/aromatic N) is 3. The number of halogens is 3. The van der Waals surface area contributed by atoms with Crippen molar-refractivity contribution in [3.63, 3.8) is 0 Å². The Morgan fingerprint density at radius 2 is 2.18 bits per heavy atom. The summed E-state index contributed by atoms with van der Waals surface area (Å²) < 4.78 is 2.63. The quantitative estimate of drug-likeness (QED) is 0.795. The lowest BCUT2D eigenvalue weighted by molar-refractivity contribution is 0.790. The van der Waals surface area contributed by atoms with Crippen LogP contribution >= 0.6 is 39.1 Å². The van der Waals surface area contributed by atoms with Gasteiger partial charge in [-0.15, -0.1) is 16.7 Å². The fourth-order valence-electron chi connectivity index (χ4n) is 1.44. The zero-order valence-corrected chi connectivity index (χ0v) is 12.0. The SMILES string of the molecule is ClCCCc1cn(-c2cc(Cl)ccc2Br)nn1. The van der Waals surface area contributed by atoms with Crippen LogP contribution in [0.4, 0.5) is 0 Å². The highest BCUT2D eigenvalue weighted by atomic mass is 79.9. The predicted molar refractivity (Wildman–Crippen MR) is 73.1 cm³/mol. The van der Waals surface area contributed by atoms with Crippen LogP contribution in [0.2, 0.25) is 5.02 Å². The molecule has 0 saturated heterocycles. The molecule has 17 heavy (non-hydrogen) atoms. The van der Waals surface area contributed by atoms with E-state index in [1.54, 1.807) is 4.68 Å².